The predicted molar refractivity (Wildman–Crippen MR) is 104 cm³/mol. The van der Waals surface area contributed by atoms with Gasteiger partial charge < -0.3 is 23.7 Å². The summed E-state index contributed by atoms with van der Waals surface area (Å²) in [6.45, 7) is 1.32. The number of unbranched alkanes of at least 4 members (excludes halogenated alkanes) is 1. The topological polar surface area (TPSA) is 46.2 Å². The van der Waals surface area contributed by atoms with E-state index in [0.717, 1.165) is 37.8 Å². The first kappa shape index (κ1) is 23.1. The van der Waals surface area contributed by atoms with Crippen LogP contribution in [0, 0.1) is 17.7 Å². The summed E-state index contributed by atoms with van der Waals surface area (Å²) in [7, 11) is 0. The lowest BCUT2D eigenvalue weighted by atomic mass is 10.0. The molecule has 5 nitrogen and oxygen atoms in total. The van der Waals surface area contributed by atoms with E-state index in [-0.39, 0.29) is 12.2 Å². The lowest BCUT2D eigenvalue weighted by molar-refractivity contribution is -0.217. The molecular formula is C22H29F3O5. The highest BCUT2D eigenvalue weighted by Gasteiger charge is 2.27. The van der Waals surface area contributed by atoms with E-state index < -0.39 is 24.5 Å². The Kier molecular flexibility index (Phi) is 8.99. The molecule has 0 aliphatic carbocycles. The van der Waals surface area contributed by atoms with Gasteiger partial charge in [-0.05, 0) is 31.4 Å². The van der Waals surface area contributed by atoms with Crippen LogP contribution in [0.4, 0.5) is 13.2 Å². The highest BCUT2D eigenvalue weighted by atomic mass is 19.3. The van der Waals surface area contributed by atoms with Gasteiger partial charge in [-0.2, -0.15) is 8.78 Å². The summed E-state index contributed by atoms with van der Waals surface area (Å²) in [5.41, 5.74) is 0.425. The van der Waals surface area contributed by atoms with Crippen molar-refractivity contribution in [3.05, 3.63) is 41.7 Å². The minimum absolute atomic E-state index is 0.182. The fraction of sp³-hybridized carbons (Fsp3) is 0.636. The summed E-state index contributed by atoms with van der Waals surface area (Å²) in [5, 5.41) is 0. The Balaban J connectivity index is 1.37. The fourth-order valence-electron chi connectivity index (χ4n) is 3.42. The molecule has 0 radical (unpaired) electrons. The van der Waals surface area contributed by atoms with E-state index in [1.807, 2.05) is 0 Å². The number of halogens is 3. The first-order valence-electron chi connectivity index (χ1n) is 10.4. The Morgan fingerprint density at radius 2 is 1.80 bits per heavy atom. The molecule has 0 aromatic heterocycles. The summed E-state index contributed by atoms with van der Waals surface area (Å²) in [6.07, 6.45) is 7.18. The molecule has 0 atom stereocenters. The Morgan fingerprint density at radius 3 is 2.43 bits per heavy atom. The van der Waals surface area contributed by atoms with Crippen LogP contribution >= 0.6 is 0 Å². The van der Waals surface area contributed by atoms with Crippen molar-refractivity contribution in [3.63, 3.8) is 0 Å². The van der Waals surface area contributed by atoms with Crippen LogP contribution in [0.5, 0.6) is 5.75 Å². The van der Waals surface area contributed by atoms with Crippen molar-refractivity contribution in [2.45, 2.75) is 51.8 Å². The normalized spacial score (nSPS) is 27.6. The van der Waals surface area contributed by atoms with Crippen molar-refractivity contribution in [1.82, 2.24) is 0 Å². The number of alkyl halides is 2. The SMILES string of the molecule is CCCC=C[C@H]1CO[C@H](CC[C@H]2CO[C@H](c3ccc(OC(F)F)c(F)c3)OC2)OC1. The molecule has 2 fully saturated rings. The van der Waals surface area contributed by atoms with E-state index >= 15 is 0 Å². The van der Waals surface area contributed by atoms with Crippen LogP contribution in [-0.4, -0.2) is 39.3 Å². The number of ether oxygens (including phenoxy) is 5. The zero-order chi connectivity index (χ0) is 21.3. The maximum absolute atomic E-state index is 13.9. The van der Waals surface area contributed by atoms with E-state index in [1.165, 1.54) is 6.07 Å². The van der Waals surface area contributed by atoms with Gasteiger partial charge in [-0.3, -0.25) is 0 Å². The average molecular weight is 430 g/mol. The smallest absolute Gasteiger partial charge is 0.387 e. The Hall–Kier alpha value is -1.61. The third-order valence-corrected chi connectivity index (χ3v) is 5.08. The molecule has 2 saturated heterocycles. The van der Waals surface area contributed by atoms with E-state index in [0.29, 0.717) is 37.9 Å². The highest BCUT2D eigenvalue weighted by molar-refractivity contribution is 5.30. The van der Waals surface area contributed by atoms with Crippen LogP contribution in [0.1, 0.15) is 44.5 Å². The van der Waals surface area contributed by atoms with Crippen molar-refractivity contribution < 1.29 is 36.9 Å². The summed E-state index contributed by atoms with van der Waals surface area (Å²) >= 11 is 0. The van der Waals surface area contributed by atoms with Crippen LogP contribution in [0.15, 0.2) is 30.4 Å². The molecule has 1 aromatic rings. The molecule has 0 amide bonds. The van der Waals surface area contributed by atoms with Crippen LogP contribution < -0.4 is 4.74 Å². The number of benzene rings is 1. The van der Waals surface area contributed by atoms with Crippen molar-refractivity contribution in [1.29, 1.82) is 0 Å². The number of rotatable bonds is 9. The molecule has 0 N–H and O–H groups in total. The quantitative estimate of drug-likeness (QED) is 0.503. The van der Waals surface area contributed by atoms with E-state index in [2.05, 4.69) is 23.8 Å². The highest BCUT2D eigenvalue weighted by Crippen LogP contribution is 2.30. The second-order valence-electron chi connectivity index (χ2n) is 7.58. The maximum atomic E-state index is 13.9. The van der Waals surface area contributed by atoms with Gasteiger partial charge in [0.1, 0.15) is 0 Å². The molecule has 168 valence electrons. The maximum Gasteiger partial charge on any atom is 0.387 e. The zero-order valence-electron chi connectivity index (χ0n) is 17.1. The first-order chi connectivity index (χ1) is 14.5. The monoisotopic (exact) mass is 430 g/mol. The Bertz CT molecular complexity index is 669. The number of hydrogen-bond acceptors (Lipinski definition) is 5. The van der Waals surface area contributed by atoms with Crippen molar-refractivity contribution in [2.24, 2.45) is 11.8 Å². The lowest BCUT2D eigenvalue weighted by Gasteiger charge is -2.32. The number of allylic oxidation sites excluding steroid dienone is 1. The number of hydrogen-bond donors (Lipinski definition) is 0. The molecule has 2 heterocycles. The van der Waals surface area contributed by atoms with Gasteiger partial charge in [0.25, 0.3) is 0 Å². The van der Waals surface area contributed by atoms with Crippen molar-refractivity contribution in [2.75, 3.05) is 26.4 Å². The Morgan fingerprint density at radius 1 is 1.07 bits per heavy atom. The van der Waals surface area contributed by atoms with Crippen LogP contribution in [-0.2, 0) is 18.9 Å². The van der Waals surface area contributed by atoms with Gasteiger partial charge in [0.05, 0.1) is 26.4 Å². The lowest BCUT2D eigenvalue weighted by Crippen LogP contribution is -2.33. The molecule has 0 spiro atoms. The van der Waals surface area contributed by atoms with Crippen LogP contribution in [0.2, 0.25) is 0 Å². The van der Waals surface area contributed by atoms with E-state index in [9.17, 15) is 13.2 Å². The molecule has 2 aliphatic heterocycles. The minimum Gasteiger partial charge on any atom is -0.432 e. The molecule has 8 heteroatoms. The molecule has 0 unspecified atom stereocenters. The van der Waals surface area contributed by atoms with Gasteiger partial charge in [0.2, 0.25) is 0 Å². The second-order valence-corrected chi connectivity index (χ2v) is 7.58. The Labute approximate surface area is 175 Å². The molecule has 3 rings (SSSR count). The van der Waals surface area contributed by atoms with Gasteiger partial charge in [-0.1, -0.05) is 31.6 Å². The summed E-state index contributed by atoms with van der Waals surface area (Å²) in [4.78, 5) is 0. The van der Waals surface area contributed by atoms with Gasteiger partial charge in [0, 0.05) is 17.4 Å². The summed E-state index contributed by atoms with van der Waals surface area (Å²) < 4.78 is 65.4. The third-order valence-electron chi connectivity index (χ3n) is 5.08. The summed E-state index contributed by atoms with van der Waals surface area (Å²) in [5.74, 6) is -0.885. The van der Waals surface area contributed by atoms with Gasteiger partial charge in [0.15, 0.2) is 24.1 Å². The third kappa shape index (κ3) is 6.97. The summed E-state index contributed by atoms with van der Waals surface area (Å²) in [6, 6.07) is 3.71. The van der Waals surface area contributed by atoms with Gasteiger partial charge in [-0.15, -0.1) is 0 Å². The molecule has 2 aliphatic rings. The minimum atomic E-state index is -3.08. The molecular weight excluding hydrogens is 401 g/mol. The molecule has 1 aromatic carbocycles. The van der Waals surface area contributed by atoms with E-state index in [1.54, 1.807) is 0 Å². The van der Waals surface area contributed by atoms with Gasteiger partial charge in [-0.25, -0.2) is 4.39 Å². The average Bonchev–Trinajstić information content (AvgIpc) is 2.75. The van der Waals surface area contributed by atoms with E-state index in [4.69, 9.17) is 18.9 Å². The zero-order valence-corrected chi connectivity index (χ0v) is 17.1. The van der Waals surface area contributed by atoms with Crippen LogP contribution in [0.3, 0.4) is 0 Å². The first-order valence-corrected chi connectivity index (χ1v) is 10.4. The fourth-order valence-corrected chi connectivity index (χ4v) is 3.42. The molecule has 0 saturated carbocycles. The van der Waals surface area contributed by atoms with Crippen molar-refractivity contribution >= 4 is 0 Å². The second kappa shape index (κ2) is 11.7. The largest absolute Gasteiger partial charge is 0.432 e. The van der Waals surface area contributed by atoms with Crippen LogP contribution in [0.25, 0.3) is 0 Å². The standard InChI is InChI=1S/C22H29F3O5/c1-2-3-4-5-15-11-26-20(27-12-15)9-6-16-13-28-21(29-14-16)17-7-8-19(18(23)10-17)30-22(24)25/h4-5,7-8,10,15-16,20-22H,2-3,6,9,11-14H2,1H3/t15-,16-,20-,21-. The van der Waals surface area contributed by atoms with Crippen molar-refractivity contribution in [3.8, 4) is 5.75 Å². The molecule has 30 heavy (non-hydrogen) atoms. The molecule has 0 bridgehead atoms. The predicted octanol–water partition coefficient (Wildman–Crippen LogP) is 5.21. The van der Waals surface area contributed by atoms with Gasteiger partial charge >= 0.3 is 6.61 Å².